The fraction of sp³-hybridized carbons (Fsp3) is 0.409. The number of pyridine rings is 1. The van der Waals surface area contributed by atoms with Crippen LogP contribution in [0, 0.1) is 6.92 Å². The highest BCUT2D eigenvalue weighted by atomic mass is 19.4. The summed E-state index contributed by atoms with van der Waals surface area (Å²) >= 11 is 0. The third-order valence-corrected chi connectivity index (χ3v) is 6.08. The zero-order valence-electron chi connectivity index (χ0n) is 18.2. The minimum atomic E-state index is -4.57. The topological polar surface area (TPSA) is 85.8 Å². The molecule has 0 saturated heterocycles. The molecule has 0 unspecified atom stereocenters. The molecular weight excluding hydrogens is 433 g/mol. The molecule has 0 bridgehead atoms. The van der Waals surface area contributed by atoms with Gasteiger partial charge >= 0.3 is 6.18 Å². The highest BCUT2D eigenvalue weighted by Crippen LogP contribution is 2.38. The molecule has 4 aromatic rings. The maximum Gasteiger partial charge on any atom is 0.419 e. The van der Waals surface area contributed by atoms with E-state index < -0.39 is 11.7 Å². The van der Waals surface area contributed by atoms with Crippen molar-refractivity contribution < 1.29 is 13.2 Å². The van der Waals surface area contributed by atoms with Crippen LogP contribution in [-0.4, -0.2) is 40.4 Å². The Morgan fingerprint density at radius 1 is 1.15 bits per heavy atom. The molecule has 0 aliphatic heterocycles. The van der Waals surface area contributed by atoms with Crippen LogP contribution in [0.1, 0.15) is 48.7 Å². The summed E-state index contributed by atoms with van der Waals surface area (Å²) in [6.07, 6.45) is 3.35. The van der Waals surface area contributed by atoms with E-state index in [0.29, 0.717) is 11.3 Å². The normalized spacial score (nSPS) is 19.2. The van der Waals surface area contributed by atoms with Crippen molar-refractivity contribution in [2.24, 2.45) is 7.05 Å². The molecule has 1 fully saturated rings. The molecule has 11 heteroatoms. The van der Waals surface area contributed by atoms with E-state index in [4.69, 9.17) is 0 Å². The second-order valence-electron chi connectivity index (χ2n) is 8.45. The summed E-state index contributed by atoms with van der Waals surface area (Å²) in [6.45, 7) is 1.67. The average Bonchev–Trinajstić information content (AvgIpc) is 3.35. The van der Waals surface area contributed by atoms with Gasteiger partial charge in [0.05, 0.1) is 11.4 Å². The van der Waals surface area contributed by atoms with Gasteiger partial charge in [-0.25, -0.2) is 9.97 Å². The largest absolute Gasteiger partial charge is 0.419 e. The molecule has 1 aliphatic rings. The standard InChI is InChI=1S/C22H23F3N8/c1-13-16(12-32(2)31-13)19-17(22(23,24)25)11-26-21(28-19)27-15-7-5-6-14(10-15)20-30-29-18-8-3-4-9-33(18)20/h3-4,8-9,11-12,14-15H,5-7,10H2,1-2H3,(H,26,27,28)/t14-,15+/m0/s1. The second-order valence-corrected chi connectivity index (χ2v) is 8.45. The van der Waals surface area contributed by atoms with Crippen molar-refractivity contribution in [3.05, 3.63) is 53.9 Å². The van der Waals surface area contributed by atoms with Crippen molar-refractivity contribution in [1.82, 2.24) is 34.3 Å². The van der Waals surface area contributed by atoms with Crippen LogP contribution in [-0.2, 0) is 13.2 Å². The van der Waals surface area contributed by atoms with Crippen LogP contribution in [0.2, 0.25) is 0 Å². The zero-order valence-corrected chi connectivity index (χ0v) is 18.2. The van der Waals surface area contributed by atoms with E-state index >= 15 is 0 Å². The van der Waals surface area contributed by atoms with Crippen LogP contribution in [0.5, 0.6) is 0 Å². The lowest BCUT2D eigenvalue weighted by molar-refractivity contribution is -0.137. The van der Waals surface area contributed by atoms with Crippen LogP contribution >= 0.6 is 0 Å². The minimum Gasteiger partial charge on any atom is -0.351 e. The van der Waals surface area contributed by atoms with Crippen molar-refractivity contribution in [2.75, 3.05) is 5.32 Å². The average molecular weight is 456 g/mol. The molecule has 0 spiro atoms. The van der Waals surface area contributed by atoms with Crippen molar-refractivity contribution >= 4 is 11.6 Å². The smallest absolute Gasteiger partial charge is 0.351 e. The lowest BCUT2D eigenvalue weighted by Crippen LogP contribution is -2.28. The number of nitrogens with zero attached hydrogens (tertiary/aromatic N) is 7. The van der Waals surface area contributed by atoms with Gasteiger partial charge in [-0.05, 0) is 38.3 Å². The SMILES string of the molecule is Cc1nn(C)cc1-c1nc(N[C@@H]2CCC[C@H](c3nnc4ccccn34)C2)ncc1C(F)(F)F. The first-order valence-corrected chi connectivity index (χ1v) is 10.8. The van der Waals surface area contributed by atoms with Crippen LogP contribution in [0.15, 0.2) is 36.8 Å². The van der Waals surface area contributed by atoms with Gasteiger partial charge < -0.3 is 5.32 Å². The number of fused-ring (bicyclic) bond motifs is 1. The van der Waals surface area contributed by atoms with Gasteiger partial charge in [0.25, 0.3) is 0 Å². The minimum absolute atomic E-state index is 0.0133. The maximum absolute atomic E-state index is 13.7. The first kappa shape index (κ1) is 21.4. The quantitative estimate of drug-likeness (QED) is 0.490. The van der Waals surface area contributed by atoms with Crippen molar-refractivity contribution in [3.63, 3.8) is 0 Å². The lowest BCUT2D eigenvalue weighted by atomic mass is 9.85. The fourth-order valence-electron chi connectivity index (χ4n) is 4.57. The maximum atomic E-state index is 13.7. The Balaban J connectivity index is 1.42. The van der Waals surface area contributed by atoms with Gasteiger partial charge in [0.1, 0.15) is 11.4 Å². The predicted molar refractivity (Wildman–Crippen MR) is 116 cm³/mol. The van der Waals surface area contributed by atoms with Gasteiger partial charge in [0, 0.05) is 43.2 Å². The van der Waals surface area contributed by atoms with E-state index in [1.807, 2.05) is 28.8 Å². The summed E-state index contributed by atoms with van der Waals surface area (Å²) < 4.78 is 44.4. The summed E-state index contributed by atoms with van der Waals surface area (Å²) in [4.78, 5) is 8.28. The van der Waals surface area contributed by atoms with E-state index in [1.54, 1.807) is 20.2 Å². The van der Waals surface area contributed by atoms with Crippen LogP contribution < -0.4 is 5.32 Å². The van der Waals surface area contributed by atoms with E-state index in [9.17, 15) is 13.2 Å². The third-order valence-electron chi connectivity index (χ3n) is 6.08. The third kappa shape index (κ3) is 4.14. The van der Waals surface area contributed by atoms with Gasteiger partial charge in [-0.2, -0.15) is 18.3 Å². The first-order valence-electron chi connectivity index (χ1n) is 10.8. The molecule has 0 radical (unpaired) electrons. The Morgan fingerprint density at radius 3 is 2.76 bits per heavy atom. The molecule has 4 aromatic heterocycles. The number of nitrogens with one attached hydrogen (secondary N) is 1. The number of anilines is 1. The molecule has 172 valence electrons. The Hall–Kier alpha value is -3.50. The number of alkyl halides is 3. The Kier molecular flexibility index (Phi) is 5.26. The van der Waals surface area contributed by atoms with E-state index in [1.165, 1.54) is 4.68 Å². The highest BCUT2D eigenvalue weighted by Gasteiger charge is 2.36. The van der Waals surface area contributed by atoms with Gasteiger partial charge in [-0.1, -0.05) is 12.5 Å². The summed E-state index contributed by atoms with van der Waals surface area (Å²) in [5.41, 5.74) is 0.572. The number of aryl methyl sites for hydroxylation is 2. The molecule has 0 amide bonds. The Morgan fingerprint density at radius 2 is 2.00 bits per heavy atom. The number of hydrogen-bond acceptors (Lipinski definition) is 6. The van der Waals surface area contributed by atoms with Crippen molar-refractivity contribution in [3.8, 4) is 11.3 Å². The van der Waals surface area contributed by atoms with E-state index in [0.717, 1.165) is 43.4 Å². The van der Waals surface area contributed by atoms with E-state index in [-0.39, 0.29) is 23.6 Å². The summed E-state index contributed by atoms with van der Waals surface area (Å²) in [7, 11) is 1.67. The predicted octanol–water partition coefficient (Wildman–Crippen LogP) is 4.39. The molecule has 1 saturated carbocycles. The summed E-state index contributed by atoms with van der Waals surface area (Å²) in [5.74, 6) is 1.26. The summed E-state index contributed by atoms with van der Waals surface area (Å²) in [6, 6.07) is 5.78. The van der Waals surface area contributed by atoms with E-state index in [2.05, 4.69) is 30.6 Å². The number of rotatable bonds is 4. The van der Waals surface area contributed by atoms with Crippen LogP contribution in [0.25, 0.3) is 16.9 Å². The fourth-order valence-corrected chi connectivity index (χ4v) is 4.57. The molecule has 0 aromatic carbocycles. The molecule has 2 atom stereocenters. The van der Waals surface area contributed by atoms with Crippen molar-refractivity contribution in [2.45, 2.75) is 50.7 Å². The number of hydrogen-bond donors (Lipinski definition) is 1. The first-order chi connectivity index (χ1) is 15.8. The molecule has 1 N–H and O–H groups in total. The van der Waals surface area contributed by atoms with Gasteiger partial charge in [-0.15, -0.1) is 10.2 Å². The molecular formula is C22H23F3N8. The van der Waals surface area contributed by atoms with Gasteiger partial charge in [0.2, 0.25) is 5.95 Å². The molecule has 4 heterocycles. The van der Waals surface area contributed by atoms with Gasteiger partial charge in [-0.3, -0.25) is 9.08 Å². The zero-order chi connectivity index (χ0) is 23.2. The van der Waals surface area contributed by atoms with Crippen LogP contribution in [0.3, 0.4) is 0 Å². The van der Waals surface area contributed by atoms with Gasteiger partial charge in [0.15, 0.2) is 5.65 Å². The Labute approximate surface area is 187 Å². The molecule has 5 rings (SSSR count). The summed E-state index contributed by atoms with van der Waals surface area (Å²) in [5, 5.41) is 16.1. The second kappa shape index (κ2) is 8.13. The Bertz CT molecular complexity index is 1290. The van der Waals surface area contributed by atoms with Crippen LogP contribution in [0.4, 0.5) is 19.1 Å². The molecule has 1 aliphatic carbocycles. The number of aromatic nitrogens is 7. The molecule has 33 heavy (non-hydrogen) atoms. The number of halogens is 3. The monoisotopic (exact) mass is 456 g/mol. The molecule has 8 nitrogen and oxygen atoms in total. The highest BCUT2D eigenvalue weighted by molar-refractivity contribution is 5.66. The lowest BCUT2D eigenvalue weighted by Gasteiger charge is -2.29. The van der Waals surface area contributed by atoms with Crippen molar-refractivity contribution in [1.29, 1.82) is 0 Å².